The number of esters is 3. The summed E-state index contributed by atoms with van der Waals surface area (Å²) >= 11 is 3.26. The highest BCUT2D eigenvalue weighted by molar-refractivity contribution is 9.10. The number of carbonyl (C=O) groups is 3. The van der Waals surface area contributed by atoms with Crippen LogP contribution >= 0.6 is 15.9 Å². The Morgan fingerprint density at radius 2 is 1.73 bits per heavy atom. The number of ether oxygens (including phenoxy) is 3. The first-order valence-electron chi connectivity index (χ1n) is 6.45. The summed E-state index contributed by atoms with van der Waals surface area (Å²) in [6.45, 7) is 3.22. The lowest BCUT2D eigenvalue weighted by atomic mass is 10.3. The summed E-state index contributed by atoms with van der Waals surface area (Å²) in [5.74, 6) is -1.89. The molecule has 0 aliphatic carbocycles. The molecule has 0 aliphatic rings. The smallest absolute Gasteiger partial charge is 0.352 e. The van der Waals surface area contributed by atoms with Crippen molar-refractivity contribution < 1.29 is 28.6 Å². The predicted molar refractivity (Wildman–Crippen MR) is 81.1 cm³/mol. The Morgan fingerprint density at radius 3 is 2.32 bits per heavy atom. The number of halogens is 1. The van der Waals surface area contributed by atoms with E-state index in [1.54, 1.807) is 31.2 Å². The molecule has 1 aromatic rings. The van der Waals surface area contributed by atoms with Gasteiger partial charge in [0.1, 0.15) is 5.75 Å². The van der Waals surface area contributed by atoms with Gasteiger partial charge in [0, 0.05) is 16.6 Å². The Bertz CT molecular complexity index is 564. The molecule has 0 aromatic heterocycles. The number of hydrogen-bond acceptors (Lipinski definition) is 6. The number of benzene rings is 1. The molecule has 0 amide bonds. The Balaban J connectivity index is 2.48. The van der Waals surface area contributed by atoms with Crippen molar-refractivity contribution in [2.24, 2.45) is 0 Å². The van der Waals surface area contributed by atoms with Crippen LogP contribution in [0.5, 0.6) is 5.75 Å². The van der Waals surface area contributed by atoms with Crippen LogP contribution in [0.2, 0.25) is 0 Å². The number of carbonyl (C=O) groups excluding carboxylic acids is 3. The van der Waals surface area contributed by atoms with Crippen molar-refractivity contribution >= 4 is 33.8 Å². The first-order valence-corrected chi connectivity index (χ1v) is 7.24. The average molecular weight is 371 g/mol. The SMILES string of the molecule is CCOC(=O)/C=C/C(=O)OC(C)C(=O)Oc1ccc(Br)cc1. The van der Waals surface area contributed by atoms with Gasteiger partial charge in [-0.2, -0.15) is 0 Å². The van der Waals surface area contributed by atoms with Crippen LogP contribution in [0.1, 0.15) is 13.8 Å². The lowest BCUT2D eigenvalue weighted by molar-refractivity contribution is -0.157. The van der Waals surface area contributed by atoms with Crippen LogP contribution in [0.15, 0.2) is 40.9 Å². The first-order chi connectivity index (χ1) is 10.4. The molecule has 0 fully saturated rings. The summed E-state index contributed by atoms with van der Waals surface area (Å²) in [7, 11) is 0. The standard InChI is InChI=1S/C15H15BrO6/c1-3-20-13(17)8-9-14(18)21-10(2)15(19)22-12-6-4-11(16)5-7-12/h4-10H,3H2,1-2H3/b9-8+. The minimum atomic E-state index is -1.11. The molecular formula is C15H15BrO6. The first kappa shape index (κ1) is 17.9. The van der Waals surface area contributed by atoms with Crippen molar-refractivity contribution in [1.82, 2.24) is 0 Å². The molecule has 22 heavy (non-hydrogen) atoms. The van der Waals surface area contributed by atoms with E-state index in [9.17, 15) is 14.4 Å². The van der Waals surface area contributed by atoms with E-state index in [4.69, 9.17) is 9.47 Å². The van der Waals surface area contributed by atoms with Crippen LogP contribution in [-0.2, 0) is 23.9 Å². The van der Waals surface area contributed by atoms with Gasteiger partial charge in [0.05, 0.1) is 6.61 Å². The van der Waals surface area contributed by atoms with Crippen molar-refractivity contribution in [1.29, 1.82) is 0 Å². The Kier molecular flexibility index (Phi) is 7.31. The van der Waals surface area contributed by atoms with Gasteiger partial charge in [-0.15, -0.1) is 0 Å². The van der Waals surface area contributed by atoms with Gasteiger partial charge in [-0.1, -0.05) is 15.9 Å². The molecule has 1 unspecified atom stereocenters. The largest absolute Gasteiger partial charge is 0.463 e. The van der Waals surface area contributed by atoms with Crippen molar-refractivity contribution in [2.75, 3.05) is 6.61 Å². The van der Waals surface area contributed by atoms with E-state index in [-0.39, 0.29) is 6.61 Å². The zero-order valence-corrected chi connectivity index (χ0v) is 13.7. The predicted octanol–water partition coefficient (Wildman–Crippen LogP) is 2.41. The molecule has 6 nitrogen and oxygen atoms in total. The lowest BCUT2D eigenvalue weighted by Crippen LogP contribution is -2.27. The normalized spacial score (nSPS) is 11.8. The van der Waals surface area contributed by atoms with E-state index in [1.165, 1.54) is 6.92 Å². The highest BCUT2D eigenvalue weighted by Gasteiger charge is 2.19. The fraction of sp³-hybridized carbons (Fsp3) is 0.267. The summed E-state index contributed by atoms with van der Waals surface area (Å²) < 4.78 is 15.3. The Hall–Kier alpha value is -2.15. The van der Waals surface area contributed by atoms with E-state index in [0.717, 1.165) is 16.6 Å². The van der Waals surface area contributed by atoms with Crippen LogP contribution in [0.3, 0.4) is 0 Å². The fourth-order valence-corrected chi connectivity index (χ4v) is 1.55. The lowest BCUT2D eigenvalue weighted by Gasteiger charge is -2.11. The van der Waals surface area contributed by atoms with Crippen LogP contribution in [0, 0.1) is 0 Å². The second kappa shape index (κ2) is 8.99. The van der Waals surface area contributed by atoms with Crippen LogP contribution in [-0.4, -0.2) is 30.6 Å². The van der Waals surface area contributed by atoms with Crippen molar-refractivity contribution in [3.63, 3.8) is 0 Å². The zero-order valence-electron chi connectivity index (χ0n) is 12.1. The van der Waals surface area contributed by atoms with Crippen LogP contribution in [0.25, 0.3) is 0 Å². The molecule has 0 spiro atoms. The van der Waals surface area contributed by atoms with Gasteiger partial charge in [0.25, 0.3) is 0 Å². The summed E-state index contributed by atoms with van der Waals surface area (Å²) in [5.41, 5.74) is 0. The van der Waals surface area contributed by atoms with Gasteiger partial charge in [-0.25, -0.2) is 14.4 Å². The third kappa shape index (κ3) is 6.53. The Labute approximate surface area is 136 Å². The molecule has 1 rings (SSSR count). The molecule has 0 saturated heterocycles. The highest BCUT2D eigenvalue weighted by Crippen LogP contribution is 2.16. The molecule has 0 aliphatic heterocycles. The van der Waals surface area contributed by atoms with Gasteiger partial charge >= 0.3 is 17.9 Å². The minimum Gasteiger partial charge on any atom is -0.463 e. The maximum absolute atomic E-state index is 11.7. The second-order valence-corrected chi connectivity index (χ2v) is 4.96. The van der Waals surface area contributed by atoms with Gasteiger partial charge in [-0.05, 0) is 38.1 Å². The second-order valence-electron chi connectivity index (χ2n) is 4.04. The number of hydrogen-bond donors (Lipinski definition) is 0. The van der Waals surface area contributed by atoms with E-state index in [0.29, 0.717) is 5.75 Å². The summed E-state index contributed by atoms with van der Waals surface area (Å²) in [5, 5.41) is 0. The van der Waals surface area contributed by atoms with E-state index in [2.05, 4.69) is 20.7 Å². The van der Waals surface area contributed by atoms with Gasteiger partial charge in [0.15, 0.2) is 6.10 Å². The summed E-state index contributed by atoms with van der Waals surface area (Å²) in [6.07, 6.45) is 0.711. The minimum absolute atomic E-state index is 0.203. The van der Waals surface area contributed by atoms with Gasteiger partial charge < -0.3 is 14.2 Å². The number of rotatable bonds is 6. The quantitative estimate of drug-likeness (QED) is 0.434. The monoisotopic (exact) mass is 370 g/mol. The van der Waals surface area contributed by atoms with Crippen molar-refractivity contribution in [3.05, 3.63) is 40.9 Å². The van der Waals surface area contributed by atoms with Gasteiger partial charge in [0.2, 0.25) is 0 Å². The third-order valence-electron chi connectivity index (χ3n) is 2.30. The molecule has 0 saturated carbocycles. The maximum atomic E-state index is 11.7. The van der Waals surface area contributed by atoms with Crippen molar-refractivity contribution in [3.8, 4) is 5.75 Å². The molecule has 118 valence electrons. The third-order valence-corrected chi connectivity index (χ3v) is 2.83. The molecule has 0 heterocycles. The zero-order chi connectivity index (χ0) is 16.5. The van der Waals surface area contributed by atoms with E-state index in [1.807, 2.05) is 0 Å². The van der Waals surface area contributed by atoms with E-state index < -0.39 is 24.0 Å². The fourth-order valence-electron chi connectivity index (χ4n) is 1.29. The summed E-state index contributed by atoms with van der Waals surface area (Å²) in [4.78, 5) is 34.2. The molecule has 0 radical (unpaired) electrons. The van der Waals surface area contributed by atoms with E-state index >= 15 is 0 Å². The molecule has 0 bridgehead atoms. The Morgan fingerprint density at radius 1 is 1.14 bits per heavy atom. The maximum Gasteiger partial charge on any atom is 0.352 e. The highest BCUT2D eigenvalue weighted by atomic mass is 79.9. The molecular weight excluding hydrogens is 356 g/mol. The average Bonchev–Trinajstić information content (AvgIpc) is 2.47. The van der Waals surface area contributed by atoms with Crippen LogP contribution in [0.4, 0.5) is 0 Å². The topological polar surface area (TPSA) is 78.9 Å². The molecule has 1 aromatic carbocycles. The molecule has 7 heteroatoms. The molecule has 1 atom stereocenters. The summed E-state index contributed by atoms with van der Waals surface area (Å²) in [6, 6.07) is 6.61. The van der Waals surface area contributed by atoms with Crippen LogP contribution < -0.4 is 4.74 Å². The molecule has 0 N–H and O–H groups in total. The van der Waals surface area contributed by atoms with Crippen molar-refractivity contribution in [2.45, 2.75) is 20.0 Å². The van der Waals surface area contributed by atoms with Gasteiger partial charge in [-0.3, -0.25) is 0 Å².